The van der Waals surface area contributed by atoms with E-state index in [1.807, 2.05) is 18.9 Å². The van der Waals surface area contributed by atoms with Gasteiger partial charge in [-0.25, -0.2) is 4.39 Å². The van der Waals surface area contributed by atoms with E-state index in [0.717, 1.165) is 12.0 Å². The van der Waals surface area contributed by atoms with Crippen LogP contribution in [0.4, 0.5) is 4.39 Å². The lowest BCUT2D eigenvalue weighted by atomic mass is 9.85. The molecule has 0 saturated heterocycles. The molecular formula is C16H24FNO3. The van der Waals surface area contributed by atoms with Gasteiger partial charge in [0.05, 0.1) is 12.5 Å². The average molecular weight is 297 g/mol. The van der Waals surface area contributed by atoms with Crippen molar-refractivity contribution in [2.24, 2.45) is 5.41 Å². The van der Waals surface area contributed by atoms with E-state index in [-0.39, 0.29) is 5.75 Å². The Bertz CT molecular complexity index is 492. The van der Waals surface area contributed by atoms with Gasteiger partial charge in [-0.3, -0.25) is 4.79 Å². The fourth-order valence-corrected chi connectivity index (χ4v) is 2.58. The first-order valence-electron chi connectivity index (χ1n) is 7.06. The quantitative estimate of drug-likeness (QED) is 0.801. The highest BCUT2D eigenvalue weighted by molar-refractivity contribution is 5.74. The summed E-state index contributed by atoms with van der Waals surface area (Å²) in [5, 5.41) is 9.39. The minimum atomic E-state index is -0.794. The summed E-state index contributed by atoms with van der Waals surface area (Å²) in [6, 6.07) is 4.80. The lowest BCUT2D eigenvalue weighted by Crippen LogP contribution is -2.39. The van der Waals surface area contributed by atoms with Crippen LogP contribution in [0.1, 0.15) is 32.3 Å². The minimum absolute atomic E-state index is 0.211. The molecule has 1 rings (SSSR count). The zero-order valence-corrected chi connectivity index (χ0v) is 13.1. The van der Waals surface area contributed by atoms with Gasteiger partial charge in [-0.2, -0.15) is 0 Å². The smallest absolute Gasteiger partial charge is 0.310 e. The number of methoxy groups -OCH3 is 1. The first-order valence-corrected chi connectivity index (χ1v) is 7.06. The van der Waals surface area contributed by atoms with Crippen molar-refractivity contribution in [3.63, 3.8) is 0 Å². The Kier molecular flexibility index (Phi) is 6.15. The van der Waals surface area contributed by atoms with Gasteiger partial charge in [0.15, 0.2) is 11.6 Å². The summed E-state index contributed by atoms with van der Waals surface area (Å²) in [5.74, 6) is -0.988. The molecular weight excluding hydrogens is 273 g/mol. The molecule has 0 spiro atoms. The van der Waals surface area contributed by atoms with Crippen molar-refractivity contribution in [2.75, 3.05) is 20.7 Å². The van der Waals surface area contributed by atoms with E-state index in [1.54, 1.807) is 19.1 Å². The van der Waals surface area contributed by atoms with Crippen LogP contribution in [0.5, 0.6) is 5.75 Å². The molecule has 0 aromatic heterocycles. The SMILES string of the molecule is CCCC(C)(CN(C)Cc1ccc(OC)c(F)c1)C(=O)O. The summed E-state index contributed by atoms with van der Waals surface area (Å²) < 4.78 is 18.5. The fourth-order valence-electron chi connectivity index (χ4n) is 2.58. The molecule has 0 saturated carbocycles. The maximum absolute atomic E-state index is 13.7. The normalized spacial score (nSPS) is 14.0. The molecule has 0 aliphatic rings. The topological polar surface area (TPSA) is 49.8 Å². The lowest BCUT2D eigenvalue weighted by molar-refractivity contribution is -0.149. The number of hydrogen-bond donors (Lipinski definition) is 1. The molecule has 1 unspecified atom stereocenters. The van der Waals surface area contributed by atoms with Gasteiger partial charge in [0, 0.05) is 13.1 Å². The van der Waals surface area contributed by atoms with Crippen LogP contribution < -0.4 is 4.74 Å². The molecule has 0 fully saturated rings. The number of nitrogens with zero attached hydrogens (tertiary/aromatic N) is 1. The predicted octanol–water partition coefficient (Wildman–Crippen LogP) is 3.16. The van der Waals surface area contributed by atoms with Crippen molar-refractivity contribution >= 4 is 5.97 Å². The number of aliphatic carboxylic acids is 1. The number of ether oxygens (including phenoxy) is 1. The van der Waals surface area contributed by atoms with Crippen LogP contribution in [0.2, 0.25) is 0 Å². The van der Waals surface area contributed by atoms with Crippen molar-refractivity contribution in [1.29, 1.82) is 0 Å². The highest BCUT2D eigenvalue weighted by Gasteiger charge is 2.33. The number of carboxylic acids is 1. The van der Waals surface area contributed by atoms with Gasteiger partial charge in [0.1, 0.15) is 0 Å². The van der Waals surface area contributed by atoms with Crippen molar-refractivity contribution in [3.8, 4) is 5.75 Å². The van der Waals surface area contributed by atoms with Gasteiger partial charge in [0.25, 0.3) is 0 Å². The zero-order valence-electron chi connectivity index (χ0n) is 13.1. The number of carbonyl (C=O) groups is 1. The second-order valence-corrected chi connectivity index (χ2v) is 5.76. The van der Waals surface area contributed by atoms with E-state index >= 15 is 0 Å². The zero-order chi connectivity index (χ0) is 16.0. The summed E-state index contributed by atoms with van der Waals surface area (Å²) in [6.07, 6.45) is 1.43. The molecule has 4 nitrogen and oxygen atoms in total. The first kappa shape index (κ1) is 17.4. The Hall–Kier alpha value is -1.62. The molecule has 0 aliphatic heterocycles. The Labute approximate surface area is 125 Å². The summed E-state index contributed by atoms with van der Waals surface area (Å²) in [6.45, 7) is 4.64. The molecule has 0 amide bonds. The maximum atomic E-state index is 13.7. The number of rotatable bonds is 8. The van der Waals surface area contributed by atoms with Crippen LogP contribution in [0, 0.1) is 11.2 Å². The summed E-state index contributed by atoms with van der Waals surface area (Å²) >= 11 is 0. The van der Waals surface area contributed by atoms with Gasteiger partial charge in [-0.15, -0.1) is 0 Å². The van der Waals surface area contributed by atoms with Gasteiger partial charge < -0.3 is 14.7 Å². The van der Waals surface area contributed by atoms with Crippen LogP contribution in [0.3, 0.4) is 0 Å². The highest BCUT2D eigenvalue weighted by atomic mass is 19.1. The highest BCUT2D eigenvalue weighted by Crippen LogP contribution is 2.26. The largest absolute Gasteiger partial charge is 0.494 e. The van der Waals surface area contributed by atoms with Crippen molar-refractivity contribution in [2.45, 2.75) is 33.2 Å². The second kappa shape index (κ2) is 7.41. The summed E-state index contributed by atoms with van der Waals surface area (Å²) in [5.41, 5.74) is 0.00848. The van der Waals surface area contributed by atoms with Gasteiger partial charge in [-0.05, 0) is 38.1 Å². The Balaban J connectivity index is 2.74. The Morgan fingerprint density at radius 3 is 2.62 bits per heavy atom. The van der Waals surface area contributed by atoms with E-state index in [9.17, 15) is 14.3 Å². The number of carboxylic acid groups (broad SMARTS) is 1. The molecule has 0 radical (unpaired) electrons. The molecule has 21 heavy (non-hydrogen) atoms. The molecule has 1 N–H and O–H groups in total. The molecule has 5 heteroatoms. The Morgan fingerprint density at radius 1 is 1.48 bits per heavy atom. The third kappa shape index (κ3) is 4.70. The van der Waals surface area contributed by atoms with Crippen LogP contribution in [-0.2, 0) is 11.3 Å². The third-order valence-electron chi connectivity index (χ3n) is 3.61. The fraction of sp³-hybridized carbons (Fsp3) is 0.562. The lowest BCUT2D eigenvalue weighted by Gasteiger charge is -2.30. The molecule has 0 aliphatic carbocycles. The number of benzene rings is 1. The van der Waals surface area contributed by atoms with E-state index < -0.39 is 17.2 Å². The summed E-state index contributed by atoms with van der Waals surface area (Å²) in [4.78, 5) is 13.3. The van der Waals surface area contributed by atoms with Crippen molar-refractivity contribution in [3.05, 3.63) is 29.6 Å². The van der Waals surface area contributed by atoms with E-state index in [0.29, 0.717) is 19.5 Å². The third-order valence-corrected chi connectivity index (χ3v) is 3.61. The average Bonchev–Trinajstić information content (AvgIpc) is 2.38. The number of halogens is 1. The van der Waals surface area contributed by atoms with E-state index in [2.05, 4.69) is 0 Å². The molecule has 1 atom stereocenters. The van der Waals surface area contributed by atoms with Gasteiger partial charge in [-0.1, -0.05) is 19.4 Å². The molecule has 0 bridgehead atoms. The molecule has 1 aromatic carbocycles. The van der Waals surface area contributed by atoms with Gasteiger partial charge in [0.2, 0.25) is 0 Å². The number of hydrogen-bond acceptors (Lipinski definition) is 3. The monoisotopic (exact) mass is 297 g/mol. The van der Waals surface area contributed by atoms with Crippen LogP contribution in [-0.4, -0.2) is 36.7 Å². The van der Waals surface area contributed by atoms with Crippen LogP contribution in [0.25, 0.3) is 0 Å². The van der Waals surface area contributed by atoms with E-state index in [1.165, 1.54) is 13.2 Å². The van der Waals surface area contributed by atoms with E-state index in [4.69, 9.17) is 4.74 Å². The second-order valence-electron chi connectivity index (χ2n) is 5.76. The van der Waals surface area contributed by atoms with Gasteiger partial charge >= 0.3 is 5.97 Å². The molecule has 1 aromatic rings. The Morgan fingerprint density at radius 2 is 2.14 bits per heavy atom. The van der Waals surface area contributed by atoms with Crippen molar-refractivity contribution in [1.82, 2.24) is 4.90 Å². The van der Waals surface area contributed by atoms with Crippen molar-refractivity contribution < 1.29 is 19.0 Å². The van der Waals surface area contributed by atoms with Crippen LogP contribution in [0.15, 0.2) is 18.2 Å². The predicted molar refractivity (Wildman–Crippen MR) is 79.9 cm³/mol. The minimum Gasteiger partial charge on any atom is -0.494 e. The summed E-state index contributed by atoms with van der Waals surface area (Å²) in [7, 11) is 3.27. The maximum Gasteiger partial charge on any atom is 0.310 e. The molecule has 0 heterocycles. The molecule has 118 valence electrons. The van der Waals surface area contributed by atoms with Crippen LogP contribution >= 0.6 is 0 Å². The first-order chi connectivity index (χ1) is 9.82. The standard InChI is InChI=1S/C16H24FNO3/c1-5-8-16(2,15(19)20)11-18(3)10-12-6-7-14(21-4)13(17)9-12/h6-7,9H,5,8,10-11H2,1-4H3,(H,19,20).